The van der Waals surface area contributed by atoms with Crippen molar-refractivity contribution in [3.63, 3.8) is 0 Å². The van der Waals surface area contributed by atoms with Crippen molar-refractivity contribution in [1.82, 2.24) is 10.2 Å². The molecule has 3 rings (SSSR count). The highest BCUT2D eigenvalue weighted by atomic mass is 35.5. The van der Waals surface area contributed by atoms with Crippen LogP contribution < -0.4 is 10.4 Å². The van der Waals surface area contributed by atoms with Crippen molar-refractivity contribution in [1.29, 1.82) is 0 Å². The van der Waals surface area contributed by atoms with Crippen molar-refractivity contribution in [3.8, 4) is 0 Å². The number of nitrogens with one attached hydrogen (secondary N) is 1. The van der Waals surface area contributed by atoms with Crippen molar-refractivity contribution >= 4 is 41.8 Å². The molecule has 1 heterocycles. The predicted molar refractivity (Wildman–Crippen MR) is 147 cm³/mol. The molecule has 1 atom stereocenters. The first-order valence-corrected chi connectivity index (χ1v) is 12.9. The first-order valence-electron chi connectivity index (χ1n) is 11.9. The molecule has 38 heavy (non-hydrogen) atoms. The van der Waals surface area contributed by atoms with E-state index in [1.165, 1.54) is 23.1 Å². The summed E-state index contributed by atoms with van der Waals surface area (Å²) in [5.74, 6) is -2.26. The average Bonchev–Trinajstić information content (AvgIpc) is 2.86. The number of non-ortho nitro benzene ring substituents is 1. The average molecular weight is 561 g/mol. The van der Waals surface area contributed by atoms with E-state index in [1.54, 1.807) is 31.7 Å². The van der Waals surface area contributed by atoms with Crippen LogP contribution in [-0.4, -0.2) is 54.3 Å². The second kappa shape index (κ2) is 14.6. The van der Waals surface area contributed by atoms with Gasteiger partial charge in [0.1, 0.15) is 0 Å². The zero-order valence-corrected chi connectivity index (χ0v) is 23.1. The monoisotopic (exact) mass is 560 g/mol. The van der Waals surface area contributed by atoms with Crippen molar-refractivity contribution < 1.29 is 24.4 Å². The van der Waals surface area contributed by atoms with Crippen LogP contribution in [0.25, 0.3) is 0 Å². The van der Waals surface area contributed by atoms with Gasteiger partial charge in [0.05, 0.1) is 23.1 Å². The standard InChI is InChI=1S/C27H31N3O6S.ClH/c1-18-23(26(31)32)25(20-9-7-10-21(17-20)30(34)35)24(19(2)28-18)27(33)36-15-8-13-29(3)14-16-37-22-11-5-4-6-12-22;/h4-7,9-12,17,25,28H,8,13-16H2,1-3H3,(H,31,32);1H/p-1. The van der Waals surface area contributed by atoms with Gasteiger partial charge in [-0.25, -0.2) is 4.79 Å². The summed E-state index contributed by atoms with van der Waals surface area (Å²) in [5, 5.41) is 26.3. The summed E-state index contributed by atoms with van der Waals surface area (Å²) in [7, 11) is 2.00. The number of nitro groups is 1. The minimum Gasteiger partial charge on any atom is -0.545 e. The number of ether oxygens (including phenoxy) is 1. The maximum atomic E-state index is 13.2. The Hall–Kier alpha value is -3.34. The number of carbonyl (C=O) groups excluding carboxylic acids is 2. The Balaban J connectivity index is 0.00000507. The smallest absolute Gasteiger partial charge is 0.336 e. The number of carboxylic acids is 1. The SMILES string of the molecule is CC1=C(C(=O)[O-])C(c2cccc([N+](=O)[O-])c2)C(C(=O)OCCCN(C)CCSc2ccccc2)=C(C)N1.Cl. The second-order valence-electron chi connectivity index (χ2n) is 8.73. The number of halogens is 1. The highest BCUT2D eigenvalue weighted by Gasteiger charge is 2.35. The first-order chi connectivity index (χ1) is 17.7. The van der Waals surface area contributed by atoms with E-state index in [9.17, 15) is 24.8 Å². The Kier molecular flexibility index (Phi) is 11.8. The molecule has 0 aromatic heterocycles. The lowest BCUT2D eigenvalue weighted by molar-refractivity contribution is -0.384. The van der Waals surface area contributed by atoms with Crippen LogP contribution >= 0.6 is 24.2 Å². The molecule has 9 nitrogen and oxygen atoms in total. The lowest BCUT2D eigenvalue weighted by Gasteiger charge is -2.32. The van der Waals surface area contributed by atoms with Gasteiger partial charge in [-0.1, -0.05) is 30.3 Å². The summed E-state index contributed by atoms with van der Waals surface area (Å²) in [5.41, 5.74) is 0.771. The van der Waals surface area contributed by atoms with Crippen LogP contribution in [0.15, 0.2) is 82.0 Å². The first kappa shape index (κ1) is 30.9. The van der Waals surface area contributed by atoms with Gasteiger partial charge in [0.25, 0.3) is 5.69 Å². The van der Waals surface area contributed by atoms with E-state index in [0.717, 1.165) is 18.8 Å². The molecule has 1 aliphatic heterocycles. The molecule has 0 saturated heterocycles. The number of thioether (sulfide) groups is 1. The topological polar surface area (TPSA) is 125 Å². The molecule has 0 bridgehead atoms. The van der Waals surface area contributed by atoms with Gasteiger partial charge in [-0.15, -0.1) is 24.2 Å². The maximum absolute atomic E-state index is 13.2. The molecule has 1 N–H and O–H groups in total. The number of allylic oxidation sites excluding steroid dienone is 2. The van der Waals surface area contributed by atoms with Crippen LogP contribution in [-0.2, 0) is 14.3 Å². The zero-order valence-electron chi connectivity index (χ0n) is 21.5. The molecule has 1 aliphatic rings. The normalized spacial score (nSPS) is 15.1. The number of hydrogen-bond donors (Lipinski definition) is 1. The van der Waals surface area contributed by atoms with E-state index in [2.05, 4.69) is 22.3 Å². The minimum absolute atomic E-state index is 0. The fraction of sp³-hybridized carbons (Fsp3) is 0.333. The third-order valence-electron chi connectivity index (χ3n) is 6.02. The van der Waals surface area contributed by atoms with Crippen molar-refractivity contribution in [2.24, 2.45) is 0 Å². The summed E-state index contributed by atoms with van der Waals surface area (Å²) in [6.45, 7) is 4.95. The molecule has 204 valence electrons. The van der Waals surface area contributed by atoms with Gasteiger partial charge >= 0.3 is 5.97 Å². The number of aliphatic carboxylic acids is 1. The quantitative estimate of drug-likeness (QED) is 0.136. The molecule has 0 amide bonds. The van der Waals surface area contributed by atoms with Gasteiger partial charge in [-0.3, -0.25) is 10.1 Å². The molecule has 11 heteroatoms. The number of carboxylic acid groups (broad SMARTS) is 1. The number of benzene rings is 2. The number of rotatable bonds is 12. The highest BCUT2D eigenvalue weighted by Crippen LogP contribution is 2.39. The van der Waals surface area contributed by atoms with Crippen LogP contribution in [0.4, 0.5) is 5.69 Å². The predicted octanol–water partition coefficient (Wildman–Crippen LogP) is 3.66. The molecular formula is C27H31ClN3O6S-. The number of nitrogens with zero attached hydrogens (tertiary/aromatic N) is 2. The third-order valence-corrected chi connectivity index (χ3v) is 7.01. The van der Waals surface area contributed by atoms with Crippen LogP contribution in [0.5, 0.6) is 0 Å². The number of carbonyl (C=O) groups is 2. The molecule has 0 fully saturated rings. The number of nitro benzene ring substituents is 1. The molecule has 2 aromatic carbocycles. The van der Waals surface area contributed by atoms with E-state index in [-0.39, 0.29) is 35.8 Å². The molecule has 0 aliphatic carbocycles. The van der Waals surface area contributed by atoms with Crippen molar-refractivity contribution in [3.05, 3.63) is 92.8 Å². The number of hydrogen-bond acceptors (Lipinski definition) is 9. The van der Waals surface area contributed by atoms with E-state index >= 15 is 0 Å². The van der Waals surface area contributed by atoms with Crippen LogP contribution in [0.3, 0.4) is 0 Å². The van der Waals surface area contributed by atoms with Crippen molar-refractivity contribution in [2.75, 3.05) is 32.5 Å². The van der Waals surface area contributed by atoms with Crippen molar-refractivity contribution in [2.45, 2.75) is 31.1 Å². The van der Waals surface area contributed by atoms with Gasteiger partial charge in [0, 0.05) is 58.8 Å². The van der Waals surface area contributed by atoms with E-state index in [0.29, 0.717) is 23.4 Å². The second-order valence-corrected chi connectivity index (χ2v) is 9.90. The summed E-state index contributed by atoms with van der Waals surface area (Å²) in [4.78, 5) is 39.3. The van der Waals surface area contributed by atoms with E-state index < -0.39 is 22.8 Å². The molecule has 0 spiro atoms. The highest BCUT2D eigenvalue weighted by molar-refractivity contribution is 7.99. The van der Waals surface area contributed by atoms with Crippen LogP contribution in [0, 0.1) is 10.1 Å². The third kappa shape index (κ3) is 8.08. The van der Waals surface area contributed by atoms with Gasteiger partial charge in [-0.2, -0.15) is 0 Å². The van der Waals surface area contributed by atoms with E-state index in [1.807, 2.05) is 25.2 Å². The Labute approximate surface area is 232 Å². The Bertz CT molecular complexity index is 1220. The Morgan fingerprint density at radius 2 is 1.74 bits per heavy atom. The van der Waals surface area contributed by atoms with Gasteiger partial charge in [0.2, 0.25) is 0 Å². The lowest BCUT2D eigenvalue weighted by atomic mass is 9.80. The molecule has 0 saturated carbocycles. The number of dihydropyridines is 1. The molecule has 0 radical (unpaired) electrons. The summed E-state index contributed by atoms with van der Waals surface area (Å²) >= 11 is 1.78. The number of esters is 1. The Morgan fingerprint density at radius 3 is 2.39 bits per heavy atom. The summed E-state index contributed by atoms with van der Waals surface area (Å²) in [6, 6.07) is 15.8. The largest absolute Gasteiger partial charge is 0.545 e. The molecular weight excluding hydrogens is 530 g/mol. The fourth-order valence-corrected chi connectivity index (χ4v) is 5.20. The summed E-state index contributed by atoms with van der Waals surface area (Å²) < 4.78 is 5.53. The van der Waals surface area contributed by atoms with E-state index in [4.69, 9.17) is 4.74 Å². The molecule has 1 unspecified atom stereocenters. The van der Waals surface area contributed by atoms with Gasteiger partial charge in [-0.05, 0) is 45.0 Å². The zero-order chi connectivity index (χ0) is 26.9. The molecule has 2 aromatic rings. The van der Waals surface area contributed by atoms with Gasteiger partial charge in [0.15, 0.2) is 0 Å². The maximum Gasteiger partial charge on any atom is 0.336 e. The van der Waals surface area contributed by atoms with Crippen LogP contribution in [0.1, 0.15) is 31.7 Å². The van der Waals surface area contributed by atoms with Crippen LogP contribution in [0.2, 0.25) is 0 Å². The lowest BCUT2D eigenvalue weighted by Crippen LogP contribution is -2.37. The minimum atomic E-state index is -1.46. The Morgan fingerprint density at radius 1 is 1.05 bits per heavy atom. The fourth-order valence-electron chi connectivity index (χ4n) is 4.21. The summed E-state index contributed by atoms with van der Waals surface area (Å²) in [6.07, 6.45) is 0.599. The van der Waals surface area contributed by atoms with Gasteiger partial charge < -0.3 is 24.9 Å².